The lowest BCUT2D eigenvalue weighted by molar-refractivity contribution is 0.328. The predicted molar refractivity (Wildman–Crippen MR) is 120 cm³/mol. The Balaban J connectivity index is 1.87. The summed E-state index contributed by atoms with van der Waals surface area (Å²) in [5, 5.41) is 4.60. The van der Waals surface area contributed by atoms with Crippen LogP contribution in [0, 0.1) is 6.92 Å². The molecule has 31 heavy (non-hydrogen) atoms. The van der Waals surface area contributed by atoms with Crippen molar-refractivity contribution in [2.75, 3.05) is 14.2 Å². The number of aryl methyl sites for hydroxylation is 1. The third kappa shape index (κ3) is 3.88. The lowest BCUT2D eigenvalue weighted by Gasteiger charge is -2.25. The molecule has 6 nitrogen and oxygen atoms in total. The normalized spacial score (nSPS) is 16.2. The Bertz CT molecular complexity index is 1220. The van der Waals surface area contributed by atoms with Gasteiger partial charge >= 0.3 is 0 Å². The Kier molecular flexibility index (Phi) is 5.69. The molecule has 1 aliphatic rings. The monoisotopic (exact) mass is 436 g/mol. The number of methoxy groups -OCH3 is 2. The Labute approximate surface area is 182 Å². The van der Waals surface area contributed by atoms with Crippen LogP contribution in [0.4, 0.5) is 0 Å². The summed E-state index contributed by atoms with van der Waals surface area (Å²) in [5.41, 5.74) is 3.39. The van der Waals surface area contributed by atoms with Crippen LogP contribution in [0.15, 0.2) is 82.8 Å². The van der Waals surface area contributed by atoms with Gasteiger partial charge in [0.1, 0.15) is 0 Å². The van der Waals surface area contributed by atoms with Crippen LogP contribution < -0.4 is 9.47 Å². The lowest BCUT2D eigenvalue weighted by Crippen LogP contribution is -2.27. The summed E-state index contributed by atoms with van der Waals surface area (Å²) < 4.78 is 39.4. The van der Waals surface area contributed by atoms with E-state index >= 15 is 0 Å². The van der Waals surface area contributed by atoms with E-state index in [-0.39, 0.29) is 4.90 Å². The number of sulfonamides is 1. The molecule has 0 N–H and O–H groups in total. The van der Waals surface area contributed by atoms with Crippen LogP contribution in [0.2, 0.25) is 0 Å². The van der Waals surface area contributed by atoms with Crippen molar-refractivity contribution in [2.24, 2.45) is 5.10 Å². The number of benzene rings is 3. The Morgan fingerprint density at radius 1 is 0.935 bits per heavy atom. The van der Waals surface area contributed by atoms with Gasteiger partial charge in [-0.25, -0.2) is 0 Å². The van der Waals surface area contributed by atoms with Gasteiger partial charge in [0, 0.05) is 12.0 Å². The first-order valence-electron chi connectivity index (χ1n) is 9.90. The molecule has 0 bridgehead atoms. The van der Waals surface area contributed by atoms with E-state index in [1.807, 2.05) is 43.3 Å². The van der Waals surface area contributed by atoms with Gasteiger partial charge in [0.05, 0.1) is 30.9 Å². The van der Waals surface area contributed by atoms with Gasteiger partial charge in [0.2, 0.25) is 0 Å². The van der Waals surface area contributed by atoms with Crippen LogP contribution in [0.1, 0.15) is 29.2 Å². The second-order valence-electron chi connectivity index (χ2n) is 7.31. The molecule has 0 radical (unpaired) electrons. The minimum atomic E-state index is -3.88. The summed E-state index contributed by atoms with van der Waals surface area (Å²) in [7, 11) is -0.773. The number of hydrogen-bond acceptors (Lipinski definition) is 5. The molecule has 0 saturated heterocycles. The molecular formula is C24H24N2O4S. The fraction of sp³-hybridized carbons (Fsp3) is 0.208. The molecule has 0 amide bonds. The van der Waals surface area contributed by atoms with Gasteiger partial charge in [0.25, 0.3) is 10.0 Å². The predicted octanol–water partition coefficient (Wildman–Crippen LogP) is 4.55. The first-order chi connectivity index (χ1) is 15.0. The molecule has 0 spiro atoms. The molecule has 160 valence electrons. The number of hydrogen-bond donors (Lipinski definition) is 0. The topological polar surface area (TPSA) is 68.2 Å². The zero-order valence-electron chi connectivity index (χ0n) is 17.6. The number of ether oxygens (including phenoxy) is 2. The number of nitrogens with zero attached hydrogens (tertiary/aromatic N) is 2. The van der Waals surface area contributed by atoms with Gasteiger partial charge in [-0.1, -0.05) is 60.2 Å². The Morgan fingerprint density at radius 3 is 2.35 bits per heavy atom. The highest BCUT2D eigenvalue weighted by atomic mass is 32.2. The first kappa shape index (κ1) is 20.9. The van der Waals surface area contributed by atoms with Crippen LogP contribution in [-0.4, -0.2) is 32.8 Å². The highest BCUT2D eigenvalue weighted by Crippen LogP contribution is 2.43. The van der Waals surface area contributed by atoms with Gasteiger partial charge in [0.15, 0.2) is 11.5 Å². The molecule has 3 aromatic carbocycles. The third-order valence-corrected chi connectivity index (χ3v) is 7.00. The maximum Gasteiger partial charge on any atom is 0.279 e. The van der Waals surface area contributed by atoms with Gasteiger partial charge in [-0.05, 0) is 30.7 Å². The second kappa shape index (κ2) is 8.43. The minimum absolute atomic E-state index is 0.191. The lowest BCUT2D eigenvalue weighted by atomic mass is 9.97. The van der Waals surface area contributed by atoms with Gasteiger partial charge in [-0.3, -0.25) is 0 Å². The summed E-state index contributed by atoms with van der Waals surface area (Å²) in [4.78, 5) is 0.191. The Morgan fingerprint density at radius 2 is 1.68 bits per heavy atom. The van der Waals surface area contributed by atoms with E-state index in [0.717, 1.165) is 11.1 Å². The van der Waals surface area contributed by atoms with Crippen molar-refractivity contribution in [2.45, 2.75) is 24.3 Å². The number of para-hydroxylation sites is 1. The van der Waals surface area contributed by atoms with Crippen molar-refractivity contribution in [3.8, 4) is 11.5 Å². The molecule has 0 saturated carbocycles. The summed E-state index contributed by atoms with van der Waals surface area (Å²) in [5.74, 6) is 1.05. The third-order valence-electron chi connectivity index (χ3n) is 5.30. The molecule has 0 aromatic heterocycles. The van der Waals surface area contributed by atoms with E-state index in [0.29, 0.717) is 29.2 Å². The fourth-order valence-corrected chi connectivity index (χ4v) is 5.26. The van der Waals surface area contributed by atoms with Crippen molar-refractivity contribution < 1.29 is 17.9 Å². The summed E-state index contributed by atoms with van der Waals surface area (Å²) >= 11 is 0. The summed E-state index contributed by atoms with van der Waals surface area (Å²) in [6.07, 6.45) is 0.416. The van der Waals surface area contributed by atoms with Crippen LogP contribution >= 0.6 is 0 Å². The van der Waals surface area contributed by atoms with Crippen LogP contribution in [-0.2, 0) is 10.0 Å². The zero-order chi connectivity index (χ0) is 22.0. The Hall–Kier alpha value is -3.32. The average Bonchev–Trinajstić information content (AvgIpc) is 3.25. The van der Waals surface area contributed by atoms with E-state index in [4.69, 9.17) is 9.47 Å². The van der Waals surface area contributed by atoms with Crippen LogP contribution in [0.25, 0.3) is 0 Å². The van der Waals surface area contributed by atoms with Gasteiger partial charge in [-0.2, -0.15) is 17.9 Å². The maximum atomic E-state index is 13.6. The molecule has 0 aliphatic carbocycles. The summed E-state index contributed by atoms with van der Waals surface area (Å²) in [6.45, 7) is 2.00. The minimum Gasteiger partial charge on any atom is -0.493 e. The zero-order valence-corrected chi connectivity index (χ0v) is 18.5. The molecule has 3 aromatic rings. The van der Waals surface area contributed by atoms with Crippen molar-refractivity contribution in [1.29, 1.82) is 0 Å². The van der Waals surface area contributed by atoms with Crippen LogP contribution in [0.3, 0.4) is 0 Å². The van der Waals surface area contributed by atoms with Crippen molar-refractivity contribution in [1.82, 2.24) is 4.41 Å². The largest absolute Gasteiger partial charge is 0.493 e. The molecule has 1 heterocycles. The molecule has 1 aliphatic heterocycles. The van der Waals surface area contributed by atoms with Gasteiger partial charge in [-0.15, -0.1) is 0 Å². The average molecular weight is 437 g/mol. The smallest absolute Gasteiger partial charge is 0.279 e. The van der Waals surface area contributed by atoms with E-state index in [2.05, 4.69) is 5.10 Å². The van der Waals surface area contributed by atoms with Crippen LogP contribution in [0.5, 0.6) is 11.5 Å². The standard InChI is InChI=1S/C24H24N2O4S/c1-17-9-7-10-18(15-17)21-16-22(20-13-8-14-23(29-2)24(20)30-3)26(25-21)31(27,28)19-11-5-4-6-12-19/h4-15,22H,16H2,1-3H3/t22-/m1/s1. The van der Waals surface area contributed by atoms with E-state index in [1.165, 1.54) is 4.41 Å². The van der Waals surface area contributed by atoms with Crippen molar-refractivity contribution in [3.05, 3.63) is 89.5 Å². The highest BCUT2D eigenvalue weighted by molar-refractivity contribution is 7.89. The van der Waals surface area contributed by atoms with E-state index in [9.17, 15) is 8.42 Å². The van der Waals surface area contributed by atoms with Crippen molar-refractivity contribution >= 4 is 15.7 Å². The maximum absolute atomic E-state index is 13.6. The quantitative estimate of drug-likeness (QED) is 0.568. The molecule has 0 fully saturated rings. The van der Waals surface area contributed by atoms with Crippen molar-refractivity contribution in [3.63, 3.8) is 0 Å². The van der Waals surface area contributed by atoms with Gasteiger partial charge < -0.3 is 9.47 Å². The first-order valence-corrected chi connectivity index (χ1v) is 11.3. The molecule has 1 atom stereocenters. The molecule has 4 rings (SSSR count). The molecule has 7 heteroatoms. The fourth-order valence-electron chi connectivity index (χ4n) is 3.82. The van der Waals surface area contributed by atoms with E-state index < -0.39 is 16.1 Å². The highest BCUT2D eigenvalue weighted by Gasteiger charge is 2.39. The SMILES string of the molecule is COc1cccc([C@H]2CC(c3cccc(C)c3)=NN2S(=O)(=O)c2ccccc2)c1OC. The summed E-state index contributed by atoms with van der Waals surface area (Å²) in [6, 6.07) is 21.2. The molecule has 0 unspecified atom stereocenters. The van der Waals surface area contributed by atoms with E-state index in [1.54, 1.807) is 50.6 Å². The number of rotatable bonds is 6. The second-order valence-corrected chi connectivity index (χ2v) is 9.11. The molecular weight excluding hydrogens is 412 g/mol. The number of hydrazone groups is 1.